The summed E-state index contributed by atoms with van der Waals surface area (Å²) < 4.78 is 5.18. The van der Waals surface area contributed by atoms with Crippen LogP contribution in [0.5, 0.6) is 5.75 Å². The summed E-state index contributed by atoms with van der Waals surface area (Å²) in [5.41, 5.74) is 8.58. The van der Waals surface area contributed by atoms with Crippen molar-refractivity contribution in [2.45, 2.75) is 13.8 Å². The normalized spacial score (nSPS) is 11.5. The van der Waals surface area contributed by atoms with Crippen molar-refractivity contribution in [3.63, 3.8) is 0 Å². The summed E-state index contributed by atoms with van der Waals surface area (Å²) in [6, 6.07) is 3.71. The first-order valence-corrected chi connectivity index (χ1v) is 4.29. The van der Waals surface area contributed by atoms with E-state index in [0.29, 0.717) is 5.84 Å². The fraction of sp³-hybridized carbons (Fsp3) is 0.300. The molecule has 0 bridgehead atoms. The Labute approximate surface area is 83.5 Å². The predicted molar refractivity (Wildman–Crippen MR) is 57.4 cm³/mol. The molecule has 0 aliphatic carbocycles. The number of hydrogen-bond acceptors (Lipinski definition) is 3. The molecular formula is C10H15N3O. The fourth-order valence-corrected chi connectivity index (χ4v) is 1.36. The minimum absolute atomic E-state index is 0.341. The molecule has 0 aromatic heterocycles. The van der Waals surface area contributed by atoms with E-state index in [1.165, 1.54) is 0 Å². The average Bonchev–Trinajstić information content (AvgIpc) is 2.21. The van der Waals surface area contributed by atoms with Crippen LogP contribution in [0.4, 0.5) is 0 Å². The lowest BCUT2D eigenvalue weighted by molar-refractivity contribution is 0.411. The summed E-state index contributed by atoms with van der Waals surface area (Å²) >= 11 is 0. The molecule has 0 amide bonds. The maximum Gasteiger partial charge on any atom is 0.150 e. The van der Waals surface area contributed by atoms with E-state index >= 15 is 0 Å². The molecule has 14 heavy (non-hydrogen) atoms. The highest BCUT2D eigenvalue weighted by Crippen LogP contribution is 2.23. The fourth-order valence-electron chi connectivity index (χ4n) is 1.36. The Morgan fingerprint density at radius 2 is 1.93 bits per heavy atom. The van der Waals surface area contributed by atoms with Crippen molar-refractivity contribution in [2.24, 2.45) is 16.7 Å². The topological polar surface area (TPSA) is 73.6 Å². The van der Waals surface area contributed by atoms with Gasteiger partial charge >= 0.3 is 0 Å². The number of rotatable bonds is 2. The molecule has 76 valence electrons. The van der Waals surface area contributed by atoms with Crippen LogP contribution in [0.3, 0.4) is 0 Å². The van der Waals surface area contributed by atoms with Crippen molar-refractivity contribution in [2.75, 3.05) is 7.11 Å². The van der Waals surface area contributed by atoms with E-state index in [-0.39, 0.29) is 0 Å². The molecule has 0 heterocycles. The number of hydrogen-bond donors (Lipinski definition) is 2. The van der Waals surface area contributed by atoms with Gasteiger partial charge in [-0.15, -0.1) is 0 Å². The zero-order valence-corrected chi connectivity index (χ0v) is 8.66. The molecule has 1 aromatic carbocycles. The smallest absolute Gasteiger partial charge is 0.150 e. The van der Waals surface area contributed by atoms with Crippen LogP contribution in [-0.4, -0.2) is 12.9 Å². The zero-order valence-electron chi connectivity index (χ0n) is 8.66. The van der Waals surface area contributed by atoms with Crippen molar-refractivity contribution in [3.8, 4) is 5.75 Å². The first kappa shape index (κ1) is 10.4. The van der Waals surface area contributed by atoms with Crippen LogP contribution in [0.1, 0.15) is 16.7 Å². The summed E-state index contributed by atoms with van der Waals surface area (Å²) in [7, 11) is 1.64. The van der Waals surface area contributed by atoms with Gasteiger partial charge in [0.15, 0.2) is 5.84 Å². The van der Waals surface area contributed by atoms with Crippen LogP contribution < -0.4 is 16.3 Å². The van der Waals surface area contributed by atoms with Gasteiger partial charge < -0.3 is 16.3 Å². The Morgan fingerprint density at radius 3 is 2.43 bits per heavy atom. The molecule has 0 aliphatic heterocycles. The second-order valence-electron chi connectivity index (χ2n) is 3.08. The third kappa shape index (κ3) is 1.64. The van der Waals surface area contributed by atoms with E-state index in [4.69, 9.17) is 16.3 Å². The lowest BCUT2D eigenvalue weighted by Gasteiger charge is -2.11. The largest absolute Gasteiger partial charge is 0.496 e. The van der Waals surface area contributed by atoms with Crippen molar-refractivity contribution >= 4 is 5.84 Å². The van der Waals surface area contributed by atoms with Crippen molar-refractivity contribution in [1.29, 1.82) is 0 Å². The van der Waals surface area contributed by atoms with Gasteiger partial charge in [0.2, 0.25) is 0 Å². The van der Waals surface area contributed by atoms with Crippen LogP contribution in [0, 0.1) is 13.8 Å². The monoisotopic (exact) mass is 193 g/mol. The van der Waals surface area contributed by atoms with Crippen LogP contribution >= 0.6 is 0 Å². The molecular weight excluding hydrogens is 178 g/mol. The van der Waals surface area contributed by atoms with E-state index in [0.717, 1.165) is 22.4 Å². The lowest BCUT2D eigenvalue weighted by atomic mass is 10.0. The van der Waals surface area contributed by atoms with E-state index < -0.39 is 0 Å². The summed E-state index contributed by atoms with van der Waals surface area (Å²) in [4.78, 5) is 0. The lowest BCUT2D eigenvalue weighted by Crippen LogP contribution is -2.17. The SMILES string of the molecule is COc1ccc(/C(N)=N/N)c(C)c1C. The highest BCUT2D eigenvalue weighted by Gasteiger charge is 2.08. The van der Waals surface area contributed by atoms with E-state index in [1.54, 1.807) is 7.11 Å². The molecule has 0 saturated carbocycles. The van der Waals surface area contributed by atoms with Crippen molar-refractivity contribution < 1.29 is 4.74 Å². The number of nitrogens with zero attached hydrogens (tertiary/aromatic N) is 1. The number of ether oxygens (including phenoxy) is 1. The molecule has 1 aromatic rings. The second kappa shape index (κ2) is 4.00. The first-order valence-electron chi connectivity index (χ1n) is 4.29. The molecule has 0 radical (unpaired) electrons. The van der Waals surface area contributed by atoms with Gasteiger partial charge in [0.25, 0.3) is 0 Å². The maximum atomic E-state index is 5.64. The second-order valence-corrected chi connectivity index (χ2v) is 3.08. The Balaban J connectivity index is 3.31. The molecule has 4 N–H and O–H groups in total. The van der Waals surface area contributed by atoms with Gasteiger partial charge in [-0.05, 0) is 37.1 Å². The highest BCUT2D eigenvalue weighted by atomic mass is 16.5. The minimum atomic E-state index is 0.341. The van der Waals surface area contributed by atoms with Gasteiger partial charge in [0, 0.05) is 5.56 Å². The number of methoxy groups -OCH3 is 1. The van der Waals surface area contributed by atoms with Crippen molar-refractivity contribution in [3.05, 3.63) is 28.8 Å². The van der Waals surface area contributed by atoms with Gasteiger partial charge in [-0.3, -0.25) is 0 Å². The van der Waals surface area contributed by atoms with Gasteiger partial charge in [0.05, 0.1) is 7.11 Å². The maximum absolute atomic E-state index is 5.64. The summed E-state index contributed by atoms with van der Waals surface area (Å²) in [6.07, 6.45) is 0. The molecule has 4 heteroatoms. The number of benzene rings is 1. The summed E-state index contributed by atoms with van der Waals surface area (Å²) in [5, 5.41) is 3.47. The molecule has 0 atom stereocenters. The third-order valence-electron chi connectivity index (χ3n) is 2.37. The number of nitrogens with two attached hydrogens (primary N) is 2. The summed E-state index contributed by atoms with van der Waals surface area (Å²) in [6.45, 7) is 3.94. The Bertz CT molecular complexity index is 372. The average molecular weight is 193 g/mol. The van der Waals surface area contributed by atoms with Crippen molar-refractivity contribution in [1.82, 2.24) is 0 Å². The molecule has 1 rings (SSSR count). The van der Waals surface area contributed by atoms with Crippen LogP contribution in [0.15, 0.2) is 17.2 Å². The van der Waals surface area contributed by atoms with Gasteiger partial charge in [-0.2, -0.15) is 5.10 Å². The van der Waals surface area contributed by atoms with Crippen LogP contribution in [0.25, 0.3) is 0 Å². The van der Waals surface area contributed by atoms with Gasteiger partial charge in [-0.25, -0.2) is 0 Å². The quantitative estimate of drug-likeness (QED) is 0.317. The van der Waals surface area contributed by atoms with Gasteiger partial charge in [0.1, 0.15) is 5.75 Å². The molecule has 0 saturated heterocycles. The van der Waals surface area contributed by atoms with E-state index in [9.17, 15) is 0 Å². The standard InChI is InChI=1S/C10H15N3O/c1-6-7(2)9(14-3)5-4-8(6)10(11)13-12/h4-5H,12H2,1-3H3,(H2,11,13). The van der Waals surface area contributed by atoms with E-state index in [1.807, 2.05) is 26.0 Å². The predicted octanol–water partition coefficient (Wildman–Crippen LogP) is 0.891. The molecule has 0 spiro atoms. The van der Waals surface area contributed by atoms with E-state index in [2.05, 4.69) is 5.10 Å². The number of hydrazone groups is 1. The molecule has 4 nitrogen and oxygen atoms in total. The van der Waals surface area contributed by atoms with Gasteiger partial charge in [-0.1, -0.05) is 0 Å². The first-order chi connectivity index (χ1) is 6.61. The summed E-state index contributed by atoms with van der Waals surface area (Å²) in [5.74, 6) is 6.31. The Hall–Kier alpha value is -1.71. The third-order valence-corrected chi connectivity index (χ3v) is 2.37. The molecule has 0 unspecified atom stereocenters. The minimum Gasteiger partial charge on any atom is -0.496 e. The molecule has 0 aliphatic rings. The Kier molecular flexibility index (Phi) is 2.96. The molecule has 0 fully saturated rings. The van der Waals surface area contributed by atoms with Crippen LogP contribution in [-0.2, 0) is 0 Å². The van der Waals surface area contributed by atoms with Crippen LogP contribution in [0.2, 0.25) is 0 Å². The highest BCUT2D eigenvalue weighted by molar-refractivity contribution is 5.99. The zero-order chi connectivity index (χ0) is 10.7. The Morgan fingerprint density at radius 1 is 1.29 bits per heavy atom. The number of amidine groups is 1.